The number of nitrogens with zero attached hydrogens (tertiary/aromatic N) is 1. The molecule has 0 aliphatic rings. The second kappa shape index (κ2) is 13.4. The Labute approximate surface area is 235 Å². The topological polar surface area (TPSA) is 86.6 Å². The van der Waals surface area contributed by atoms with Crippen molar-refractivity contribution in [3.05, 3.63) is 76.0 Å². The number of esters is 1. The molecule has 0 saturated heterocycles. The molecule has 0 aliphatic carbocycles. The van der Waals surface area contributed by atoms with Crippen LogP contribution in [0.5, 0.6) is 0 Å². The summed E-state index contributed by atoms with van der Waals surface area (Å²) in [7, 11) is 0. The fourth-order valence-electron chi connectivity index (χ4n) is 4.30. The van der Waals surface area contributed by atoms with Gasteiger partial charge in [-0.1, -0.05) is 45.4 Å². The van der Waals surface area contributed by atoms with Crippen LogP contribution >= 0.6 is 0 Å². The summed E-state index contributed by atoms with van der Waals surface area (Å²) in [6.07, 6.45) is 4.10. The summed E-state index contributed by atoms with van der Waals surface area (Å²) < 4.78 is 26.2. The fraction of sp³-hybridized carbons (Fsp3) is 0.406. The van der Waals surface area contributed by atoms with Crippen LogP contribution in [0.4, 0.5) is 9.18 Å². The summed E-state index contributed by atoms with van der Waals surface area (Å²) in [4.78, 5) is 38.5. The number of hydrogen-bond donors (Lipinski definition) is 1. The zero-order chi connectivity index (χ0) is 29.4. The zero-order valence-electron chi connectivity index (χ0n) is 24.2. The molecule has 0 saturated carbocycles. The van der Waals surface area contributed by atoms with Crippen molar-refractivity contribution >= 4 is 28.9 Å². The normalized spacial score (nSPS) is 11.8. The molecule has 0 spiro atoms. The lowest BCUT2D eigenvalue weighted by molar-refractivity contribution is -0.137. The van der Waals surface area contributed by atoms with Crippen LogP contribution in [-0.4, -0.2) is 28.8 Å². The summed E-state index contributed by atoms with van der Waals surface area (Å²) in [6.45, 7) is 12.1. The molecule has 0 atom stereocenters. The van der Waals surface area contributed by atoms with E-state index in [4.69, 9.17) is 9.47 Å². The van der Waals surface area contributed by atoms with Gasteiger partial charge in [-0.3, -0.25) is 4.79 Å². The molecular formula is C32H39FN2O5. The average Bonchev–Trinajstić information content (AvgIpc) is 2.87. The molecule has 1 amide bonds. The molecule has 7 nitrogen and oxygen atoms in total. The van der Waals surface area contributed by atoms with Crippen LogP contribution in [0.25, 0.3) is 28.0 Å². The molecule has 1 heterocycles. The van der Waals surface area contributed by atoms with Crippen molar-refractivity contribution in [3.8, 4) is 11.1 Å². The number of benzene rings is 2. The van der Waals surface area contributed by atoms with Gasteiger partial charge in [0.25, 0.3) is 5.56 Å². The molecule has 0 fully saturated rings. The smallest absolute Gasteiger partial charge is 0.407 e. The number of fused-ring (bicyclic) bond motifs is 1. The number of carbonyl (C=O) groups is 2. The van der Waals surface area contributed by atoms with Crippen LogP contribution in [-0.2, 0) is 27.4 Å². The Kier molecular flexibility index (Phi) is 10.3. The van der Waals surface area contributed by atoms with E-state index in [0.29, 0.717) is 46.3 Å². The monoisotopic (exact) mass is 550 g/mol. The standard InChI is InChI=1S/C32H39FN2O5/c1-7-8-17-39-28(36)16-10-22-9-15-25-26(18-22)29(23-11-13-24(33)14-12-23)27(35(30(25)37)20-21(2)3)19-34-31(38)40-32(4,5)6/h9-16,18,21H,7-8,17,19-20H2,1-6H3,(H,34,38)/b16-10+. The first-order chi connectivity index (χ1) is 18.9. The lowest BCUT2D eigenvalue weighted by atomic mass is 9.94. The van der Waals surface area contributed by atoms with Gasteiger partial charge in [-0.25, -0.2) is 14.0 Å². The molecule has 8 heteroatoms. The Morgan fingerprint density at radius 3 is 2.40 bits per heavy atom. The lowest BCUT2D eigenvalue weighted by Crippen LogP contribution is -2.35. The highest BCUT2D eigenvalue weighted by Gasteiger charge is 2.22. The van der Waals surface area contributed by atoms with Gasteiger partial charge < -0.3 is 19.4 Å². The first-order valence-electron chi connectivity index (χ1n) is 13.7. The molecule has 3 aromatic rings. The molecular weight excluding hydrogens is 511 g/mol. The van der Waals surface area contributed by atoms with Gasteiger partial charge >= 0.3 is 12.1 Å². The summed E-state index contributed by atoms with van der Waals surface area (Å²) in [5.41, 5.74) is 1.74. The van der Waals surface area contributed by atoms with Crippen LogP contribution in [0.1, 0.15) is 65.6 Å². The minimum absolute atomic E-state index is 0.0172. The number of pyridine rings is 1. The van der Waals surface area contributed by atoms with Crippen LogP contribution in [0.15, 0.2) is 53.3 Å². The highest BCUT2D eigenvalue weighted by molar-refractivity contribution is 5.99. The Balaban J connectivity index is 2.20. The number of unbranched alkanes of at least 4 members (excludes halogenated alkanes) is 1. The minimum Gasteiger partial charge on any atom is -0.463 e. The molecule has 3 rings (SSSR count). The lowest BCUT2D eigenvalue weighted by Gasteiger charge is -2.23. The van der Waals surface area contributed by atoms with Crippen LogP contribution in [0.3, 0.4) is 0 Å². The average molecular weight is 551 g/mol. The second-order valence-electron chi connectivity index (χ2n) is 11.2. The van der Waals surface area contributed by atoms with E-state index in [1.807, 2.05) is 26.8 Å². The number of carbonyl (C=O) groups excluding carboxylic acids is 2. The maximum absolute atomic E-state index is 13.9. The molecule has 2 aromatic carbocycles. The molecule has 214 valence electrons. The maximum atomic E-state index is 13.9. The number of alkyl carbamates (subject to hydrolysis) is 1. The van der Waals surface area contributed by atoms with Gasteiger partial charge in [0.15, 0.2) is 0 Å². The molecule has 0 aliphatic heterocycles. The Bertz CT molecular complexity index is 1430. The van der Waals surface area contributed by atoms with Gasteiger partial charge in [-0.15, -0.1) is 0 Å². The minimum atomic E-state index is -0.691. The molecule has 0 unspecified atom stereocenters. The predicted octanol–water partition coefficient (Wildman–Crippen LogP) is 6.84. The van der Waals surface area contributed by atoms with Crippen molar-refractivity contribution < 1.29 is 23.5 Å². The van der Waals surface area contributed by atoms with E-state index in [0.717, 1.165) is 12.8 Å². The van der Waals surface area contributed by atoms with Crippen molar-refractivity contribution in [2.45, 2.75) is 73.1 Å². The van der Waals surface area contributed by atoms with Crippen molar-refractivity contribution in [3.63, 3.8) is 0 Å². The molecule has 40 heavy (non-hydrogen) atoms. The SMILES string of the molecule is CCCCOC(=O)/C=C/c1ccc2c(=O)n(CC(C)C)c(CNC(=O)OC(C)(C)C)c(-c3ccc(F)cc3)c2c1. The predicted molar refractivity (Wildman–Crippen MR) is 156 cm³/mol. The molecule has 0 bridgehead atoms. The number of nitrogens with one attached hydrogen (secondary N) is 1. The highest BCUT2D eigenvalue weighted by atomic mass is 19.1. The van der Waals surface area contributed by atoms with E-state index in [1.165, 1.54) is 18.2 Å². The first-order valence-corrected chi connectivity index (χ1v) is 13.7. The third-order valence-electron chi connectivity index (χ3n) is 6.04. The van der Waals surface area contributed by atoms with Crippen molar-refractivity contribution in [2.24, 2.45) is 5.92 Å². The largest absolute Gasteiger partial charge is 0.463 e. The van der Waals surface area contributed by atoms with Crippen molar-refractivity contribution in [1.82, 2.24) is 9.88 Å². The maximum Gasteiger partial charge on any atom is 0.407 e. The third-order valence-corrected chi connectivity index (χ3v) is 6.04. The number of ether oxygens (including phenoxy) is 2. The van der Waals surface area contributed by atoms with Crippen molar-refractivity contribution in [1.29, 1.82) is 0 Å². The summed E-state index contributed by atoms with van der Waals surface area (Å²) >= 11 is 0. The van der Waals surface area contributed by atoms with Crippen LogP contribution in [0, 0.1) is 11.7 Å². The quantitative estimate of drug-likeness (QED) is 0.170. The number of amides is 1. The number of halogens is 1. The van der Waals surface area contributed by atoms with E-state index in [1.54, 1.807) is 55.7 Å². The Morgan fingerprint density at radius 2 is 1.77 bits per heavy atom. The zero-order valence-corrected chi connectivity index (χ0v) is 24.2. The van der Waals surface area contributed by atoms with Gasteiger partial charge in [-0.05, 0) is 80.0 Å². The molecule has 1 aromatic heterocycles. The summed E-state index contributed by atoms with van der Waals surface area (Å²) in [6, 6.07) is 11.3. The highest BCUT2D eigenvalue weighted by Crippen LogP contribution is 2.32. The van der Waals surface area contributed by atoms with E-state index < -0.39 is 17.7 Å². The van der Waals surface area contributed by atoms with Gasteiger partial charge in [0.05, 0.1) is 13.2 Å². The summed E-state index contributed by atoms with van der Waals surface area (Å²) in [5, 5.41) is 3.89. The van der Waals surface area contributed by atoms with Gasteiger partial charge in [-0.2, -0.15) is 0 Å². The number of rotatable bonds is 10. The van der Waals surface area contributed by atoms with E-state index in [2.05, 4.69) is 5.32 Å². The van der Waals surface area contributed by atoms with Crippen LogP contribution in [0.2, 0.25) is 0 Å². The fourth-order valence-corrected chi connectivity index (χ4v) is 4.30. The first kappa shape index (κ1) is 30.6. The van der Waals surface area contributed by atoms with Gasteiger partial charge in [0.1, 0.15) is 11.4 Å². The molecule has 1 N–H and O–H groups in total. The van der Waals surface area contributed by atoms with Crippen molar-refractivity contribution in [2.75, 3.05) is 6.61 Å². The Morgan fingerprint density at radius 1 is 1.07 bits per heavy atom. The van der Waals surface area contributed by atoms with Crippen LogP contribution < -0.4 is 10.9 Å². The van der Waals surface area contributed by atoms with Gasteiger partial charge in [0.2, 0.25) is 0 Å². The Hall–Kier alpha value is -3.94. The van der Waals surface area contributed by atoms with E-state index in [-0.39, 0.29) is 23.8 Å². The number of hydrogen-bond acceptors (Lipinski definition) is 5. The summed E-state index contributed by atoms with van der Waals surface area (Å²) in [5.74, 6) is -0.693. The van der Waals surface area contributed by atoms with E-state index >= 15 is 0 Å². The second-order valence-corrected chi connectivity index (χ2v) is 11.2. The van der Waals surface area contributed by atoms with E-state index in [9.17, 15) is 18.8 Å². The van der Waals surface area contributed by atoms with Gasteiger partial charge in [0, 0.05) is 29.3 Å². The third kappa shape index (κ3) is 8.28. The number of aromatic nitrogens is 1. The molecule has 0 radical (unpaired) electrons.